The zero-order chi connectivity index (χ0) is 26.4. The molecule has 4 heteroatoms. The third-order valence-electron chi connectivity index (χ3n) is 6.88. The second-order valence-electron chi connectivity index (χ2n) is 9.50. The summed E-state index contributed by atoms with van der Waals surface area (Å²) < 4.78 is 11.8. The van der Waals surface area contributed by atoms with E-state index in [0.29, 0.717) is 0 Å². The van der Waals surface area contributed by atoms with Crippen molar-refractivity contribution in [3.05, 3.63) is 129 Å². The van der Waals surface area contributed by atoms with Crippen LogP contribution in [-0.2, 0) is 5.41 Å². The summed E-state index contributed by atoms with van der Waals surface area (Å²) in [7, 11) is 0. The van der Waals surface area contributed by atoms with Crippen LogP contribution in [0.1, 0.15) is 44.5 Å². The Kier molecular flexibility index (Phi) is 8.32. The van der Waals surface area contributed by atoms with Crippen molar-refractivity contribution >= 4 is 0 Å². The van der Waals surface area contributed by atoms with Gasteiger partial charge in [0.25, 0.3) is 0 Å². The molecule has 4 aromatic rings. The molecule has 0 heterocycles. The van der Waals surface area contributed by atoms with E-state index in [1.165, 1.54) is 0 Å². The van der Waals surface area contributed by atoms with E-state index in [2.05, 4.69) is 100 Å². The number of aliphatic hydroxyl groups is 2. The van der Waals surface area contributed by atoms with Crippen LogP contribution in [0, 0.1) is 27.7 Å². The third kappa shape index (κ3) is 5.13. The Bertz CT molecular complexity index is 1180. The Hall–Kier alpha value is -3.60. The van der Waals surface area contributed by atoms with Crippen LogP contribution < -0.4 is 9.47 Å². The van der Waals surface area contributed by atoms with E-state index in [1.807, 2.05) is 12.1 Å². The summed E-state index contributed by atoms with van der Waals surface area (Å²) in [5.41, 5.74) is 8.09. The van der Waals surface area contributed by atoms with Gasteiger partial charge in [-0.25, -0.2) is 0 Å². The van der Waals surface area contributed by atoms with Crippen LogP contribution in [-0.4, -0.2) is 36.6 Å². The van der Waals surface area contributed by atoms with E-state index < -0.39 is 5.41 Å². The van der Waals surface area contributed by atoms with Crippen LogP contribution in [0.2, 0.25) is 0 Å². The van der Waals surface area contributed by atoms with Crippen LogP contribution in [0.3, 0.4) is 0 Å². The standard InChI is InChI=1S/C33H36O4/c1-23-19-29(20-24(2)31(23)36-17-15-34)33(27-11-7-5-8-12-27,28-13-9-6-10-14-28)30-21-25(3)32(26(4)22-30)37-18-16-35/h5-14,19-22,34-35H,15-18H2,1-4H3. The van der Waals surface area contributed by atoms with Gasteiger partial charge in [-0.15, -0.1) is 0 Å². The minimum atomic E-state index is -0.599. The van der Waals surface area contributed by atoms with Crippen molar-refractivity contribution in [2.45, 2.75) is 33.1 Å². The summed E-state index contributed by atoms with van der Waals surface area (Å²) in [4.78, 5) is 0. The molecule has 4 aromatic carbocycles. The molecule has 192 valence electrons. The van der Waals surface area contributed by atoms with Crippen LogP contribution in [0.4, 0.5) is 0 Å². The normalized spacial score (nSPS) is 11.4. The van der Waals surface area contributed by atoms with Gasteiger partial charge in [0.15, 0.2) is 0 Å². The lowest BCUT2D eigenvalue weighted by Gasteiger charge is -2.38. The molecule has 0 saturated heterocycles. The first-order valence-corrected chi connectivity index (χ1v) is 12.7. The van der Waals surface area contributed by atoms with Crippen molar-refractivity contribution in [1.82, 2.24) is 0 Å². The first-order valence-electron chi connectivity index (χ1n) is 12.7. The van der Waals surface area contributed by atoms with Gasteiger partial charge in [0, 0.05) is 0 Å². The first kappa shape index (κ1) is 26.5. The molecule has 37 heavy (non-hydrogen) atoms. The number of rotatable bonds is 10. The Labute approximate surface area is 220 Å². The molecule has 0 unspecified atom stereocenters. The highest BCUT2D eigenvalue weighted by molar-refractivity contribution is 5.64. The lowest BCUT2D eigenvalue weighted by atomic mass is 9.64. The van der Waals surface area contributed by atoms with Gasteiger partial charge >= 0.3 is 0 Å². The van der Waals surface area contributed by atoms with Crippen LogP contribution in [0.15, 0.2) is 84.9 Å². The van der Waals surface area contributed by atoms with Crippen molar-refractivity contribution in [1.29, 1.82) is 0 Å². The highest BCUT2D eigenvalue weighted by Gasteiger charge is 2.39. The fourth-order valence-electron chi connectivity index (χ4n) is 5.46. The number of aryl methyl sites for hydroxylation is 4. The van der Waals surface area contributed by atoms with Crippen molar-refractivity contribution in [2.24, 2.45) is 0 Å². The number of aliphatic hydroxyl groups excluding tert-OH is 2. The first-order chi connectivity index (χ1) is 17.9. The van der Waals surface area contributed by atoms with Gasteiger partial charge in [0.05, 0.1) is 18.6 Å². The zero-order valence-electron chi connectivity index (χ0n) is 22.1. The highest BCUT2D eigenvalue weighted by atomic mass is 16.5. The fourth-order valence-corrected chi connectivity index (χ4v) is 5.46. The van der Waals surface area contributed by atoms with Crippen molar-refractivity contribution < 1.29 is 19.7 Å². The molecule has 0 aliphatic rings. The van der Waals surface area contributed by atoms with E-state index >= 15 is 0 Å². The number of hydrogen-bond donors (Lipinski definition) is 2. The van der Waals surface area contributed by atoms with E-state index in [-0.39, 0.29) is 26.4 Å². The zero-order valence-corrected chi connectivity index (χ0v) is 22.1. The molecule has 0 aromatic heterocycles. The van der Waals surface area contributed by atoms with E-state index in [4.69, 9.17) is 9.47 Å². The topological polar surface area (TPSA) is 58.9 Å². The Morgan fingerprint density at radius 3 is 1.14 bits per heavy atom. The maximum atomic E-state index is 9.32. The molecule has 0 aliphatic carbocycles. The largest absolute Gasteiger partial charge is 0.491 e. The third-order valence-corrected chi connectivity index (χ3v) is 6.88. The summed E-state index contributed by atoms with van der Waals surface area (Å²) in [5, 5.41) is 18.6. The quantitative estimate of drug-likeness (QED) is 0.263. The van der Waals surface area contributed by atoms with E-state index in [1.54, 1.807) is 0 Å². The maximum absolute atomic E-state index is 9.32. The second-order valence-corrected chi connectivity index (χ2v) is 9.50. The molecule has 0 amide bonds. The summed E-state index contributed by atoms with van der Waals surface area (Å²) in [6.07, 6.45) is 0. The van der Waals surface area contributed by atoms with Crippen LogP contribution in [0.5, 0.6) is 11.5 Å². The molecule has 0 saturated carbocycles. The molecular formula is C33H36O4. The van der Waals surface area contributed by atoms with E-state index in [0.717, 1.165) is 56.0 Å². The smallest absolute Gasteiger partial charge is 0.125 e. The number of benzene rings is 4. The number of hydrogen-bond acceptors (Lipinski definition) is 4. The molecule has 0 radical (unpaired) electrons. The summed E-state index contributed by atoms with van der Waals surface area (Å²) in [6.45, 7) is 8.72. The van der Waals surface area contributed by atoms with Crippen molar-refractivity contribution in [3.63, 3.8) is 0 Å². The molecule has 0 aliphatic heterocycles. The average molecular weight is 497 g/mol. The molecule has 4 nitrogen and oxygen atoms in total. The summed E-state index contributed by atoms with van der Waals surface area (Å²) in [5.74, 6) is 1.63. The Morgan fingerprint density at radius 1 is 0.514 bits per heavy atom. The second kappa shape index (κ2) is 11.6. The monoisotopic (exact) mass is 496 g/mol. The molecule has 4 rings (SSSR count). The van der Waals surface area contributed by atoms with Gasteiger partial charge < -0.3 is 19.7 Å². The van der Waals surface area contributed by atoms with Crippen LogP contribution in [0.25, 0.3) is 0 Å². The van der Waals surface area contributed by atoms with Crippen molar-refractivity contribution in [3.8, 4) is 11.5 Å². The van der Waals surface area contributed by atoms with Gasteiger partial charge in [-0.05, 0) is 72.2 Å². The molecular weight excluding hydrogens is 460 g/mol. The summed E-state index contributed by atoms with van der Waals surface area (Å²) >= 11 is 0. The van der Waals surface area contributed by atoms with E-state index in [9.17, 15) is 10.2 Å². The maximum Gasteiger partial charge on any atom is 0.125 e. The summed E-state index contributed by atoms with van der Waals surface area (Å²) in [6, 6.07) is 30.0. The SMILES string of the molecule is Cc1cc(C(c2ccccc2)(c2ccccc2)c2cc(C)c(OCCO)c(C)c2)cc(C)c1OCCO. The predicted molar refractivity (Wildman–Crippen MR) is 149 cm³/mol. The molecule has 0 fully saturated rings. The molecule has 2 N–H and O–H groups in total. The minimum absolute atomic E-state index is 0.0259. The molecule has 0 spiro atoms. The molecule has 0 bridgehead atoms. The Balaban J connectivity index is 2.08. The lowest BCUT2D eigenvalue weighted by molar-refractivity contribution is 0.200. The average Bonchev–Trinajstić information content (AvgIpc) is 2.90. The van der Waals surface area contributed by atoms with Gasteiger partial charge in [-0.2, -0.15) is 0 Å². The van der Waals surface area contributed by atoms with Crippen LogP contribution >= 0.6 is 0 Å². The van der Waals surface area contributed by atoms with Crippen molar-refractivity contribution in [2.75, 3.05) is 26.4 Å². The van der Waals surface area contributed by atoms with Gasteiger partial charge in [0.2, 0.25) is 0 Å². The lowest BCUT2D eigenvalue weighted by Crippen LogP contribution is -2.31. The van der Waals surface area contributed by atoms with Gasteiger partial charge in [0.1, 0.15) is 24.7 Å². The van der Waals surface area contributed by atoms with Gasteiger partial charge in [-0.3, -0.25) is 0 Å². The fraction of sp³-hybridized carbons (Fsp3) is 0.273. The highest BCUT2D eigenvalue weighted by Crippen LogP contribution is 2.48. The Morgan fingerprint density at radius 2 is 0.838 bits per heavy atom. The number of ether oxygens (including phenoxy) is 2. The van der Waals surface area contributed by atoms with Gasteiger partial charge in [-0.1, -0.05) is 84.9 Å². The minimum Gasteiger partial charge on any atom is -0.491 e. The molecule has 0 atom stereocenters. The predicted octanol–water partition coefficient (Wildman–Crippen LogP) is 6.05.